The molecule has 0 bridgehead atoms. The standard InChI is InChI=1S/C28H32N2O4/c1-19-26(33-18-30-19)27(32)29-17-28(21-10-6-3-7-11-21)14-12-22-23(31)16-25(34-24(22)13-15-28)20-8-4-2-5-9-20/h2-11,18,22-25,31H,12-17H2,1H3,(H,29,32)/t22-,23+,24+,25+,28+/m1/s1. The summed E-state index contributed by atoms with van der Waals surface area (Å²) in [5.41, 5.74) is 2.67. The van der Waals surface area contributed by atoms with E-state index in [0.717, 1.165) is 31.2 Å². The first-order chi connectivity index (χ1) is 16.6. The Morgan fingerprint density at radius 2 is 1.79 bits per heavy atom. The molecule has 2 heterocycles. The SMILES string of the molecule is Cc1ncoc1C(=O)NC[C@]1(c2ccccc2)CC[C@H]2[C@H](CC1)O[C@H](c1ccccc1)C[C@@H]2O. The van der Waals surface area contributed by atoms with Crippen LogP contribution in [-0.2, 0) is 10.2 Å². The van der Waals surface area contributed by atoms with Crippen LogP contribution in [-0.4, -0.2) is 34.8 Å². The van der Waals surface area contributed by atoms with Crippen LogP contribution in [0.4, 0.5) is 0 Å². The number of oxazole rings is 1. The number of ether oxygens (including phenoxy) is 1. The number of rotatable bonds is 5. The summed E-state index contributed by atoms with van der Waals surface area (Å²) in [5, 5.41) is 14.2. The maximum Gasteiger partial charge on any atom is 0.289 e. The first-order valence-corrected chi connectivity index (χ1v) is 12.2. The van der Waals surface area contributed by atoms with Gasteiger partial charge >= 0.3 is 0 Å². The molecule has 1 saturated heterocycles. The molecule has 1 amide bonds. The second-order valence-corrected chi connectivity index (χ2v) is 9.71. The number of amides is 1. The summed E-state index contributed by atoms with van der Waals surface area (Å²) in [4.78, 5) is 16.9. The normalized spacial score (nSPS) is 29.1. The minimum atomic E-state index is -0.401. The molecule has 5 rings (SSSR count). The number of hydrogen-bond acceptors (Lipinski definition) is 5. The number of carbonyl (C=O) groups is 1. The number of aromatic nitrogens is 1. The Morgan fingerprint density at radius 1 is 1.09 bits per heavy atom. The minimum absolute atomic E-state index is 0.00763. The number of benzene rings is 2. The lowest BCUT2D eigenvalue weighted by molar-refractivity contribution is -0.139. The van der Waals surface area contributed by atoms with Gasteiger partial charge in [0.25, 0.3) is 5.91 Å². The fourth-order valence-corrected chi connectivity index (χ4v) is 5.75. The Bertz CT molecular complexity index is 1100. The Morgan fingerprint density at radius 3 is 2.50 bits per heavy atom. The maximum absolute atomic E-state index is 12.8. The summed E-state index contributed by atoms with van der Waals surface area (Å²) in [6, 6.07) is 20.6. The second-order valence-electron chi connectivity index (χ2n) is 9.71. The van der Waals surface area contributed by atoms with Crippen molar-refractivity contribution in [2.24, 2.45) is 5.92 Å². The van der Waals surface area contributed by atoms with Crippen molar-refractivity contribution >= 4 is 5.91 Å². The second kappa shape index (κ2) is 9.72. The fourth-order valence-electron chi connectivity index (χ4n) is 5.75. The van der Waals surface area contributed by atoms with Crippen LogP contribution in [0.5, 0.6) is 0 Å². The molecule has 34 heavy (non-hydrogen) atoms. The molecule has 2 N–H and O–H groups in total. The van der Waals surface area contributed by atoms with Gasteiger partial charge in [0, 0.05) is 24.3 Å². The summed E-state index contributed by atoms with van der Waals surface area (Å²) in [5.74, 6) is 0.111. The van der Waals surface area contributed by atoms with Crippen molar-refractivity contribution in [3.8, 4) is 0 Å². The largest absolute Gasteiger partial charge is 0.438 e. The van der Waals surface area contributed by atoms with Gasteiger partial charge in [0.05, 0.1) is 24.0 Å². The lowest BCUT2D eigenvalue weighted by Gasteiger charge is -2.39. The zero-order valence-corrected chi connectivity index (χ0v) is 19.5. The van der Waals surface area contributed by atoms with Crippen LogP contribution in [0.2, 0.25) is 0 Å². The number of aliphatic hydroxyl groups excluding tert-OH is 1. The van der Waals surface area contributed by atoms with Crippen LogP contribution >= 0.6 is 0 Å². The molecule has 3 aromatic rings. The molecule has 2 aliphatic rings. The number of nitrogens with zero attached hydrogens (tertiary/aromatic N) is 1. The lowest BCUT2D eigenvalue weighted by Crippen LogP contribution is -2.41. The first kappa shape index (κ1) is 22.8. The molecule has 1 aromatic heterocycles. The van der Waals surface area contributed by atoms with Gasteiger partial charge in [-0.05, 0) is 43.7 Å². The molecule has 0 unspecified atom stereocenters. The van der Waals surface area contributed by atoms with Crippen LogP contribution in [0, 0.1) is 12.8 Å². The highest BCUT2D eigenvalue weighted by Gasteiger charge is 2.44. The van der Waals surface area contributed by atoms with Gasteiger partial charge in [-0.2, -0.15) is 0 Å². The summed E-state index contributed by atoms with van der Waals surface area (Å²) >= 11 is 0. The van der Waals surface area contributed by atoms with Crippen LogP contribution in [0.1, 0.15) is 65.6 Å². The van der Waals surface area contributed by atoms with E-state index in [9.17, 15) is 9.90 Å². The minimum Gasteiger partial charge on any atom is -0.438 e. The number of fused-ring (bicyclic) bond motifs is 1. The number of carbonyl (C=O) groups excluding carboxylic acids is 1. The quantitative estimate of drug-likeness (QED) is 0.575. The number of aliphatic hydroxyl groups is 1. The van der Waals surface area contributed by atoms with E-state index >= 15 is 0 Å². The smallest absolute Gasteiger partial charge is 0.289 e. The molecule has 0 spiro atoms. The fraction of sp³-hybridized carbons (Fsp3) is 0.429. The molecule has 5 atom stereocenters. The average Bonchev–Trinajstić information content (AvgIpc) is 3.21. The summed E-state index contributed by atoms with van der Waals surface area (Å²) < 4.78 is 11.9. The predicted octanol–water partition coefficient (Wildman–Crippen LogP) is 4.73. The van der Waals surface area contributed by atoms with Gasteiger partial charge in [-0.15, -0.1) is 0 Å². The topological polar surface area (TPSA) is 84.6 Å². The van der Waals surface area contributed by atoms with Crippen molar-refractivity contribution in [3.63, 3.8) is 0 Å². The monoisotopic (exact) mass is 460 g/mol. The number of aryl methyl sites for hydroxylation is 1. The molecular formula is C28H32N2O4. The van der Waals surface area contributed by atoms with Crippen molar-refractivity contribution in [3.05, 3.63) is 89.6 Å². The van der Waals surface area contributed by atoms with Gasteiger partial charge in [0.2, 0.25) is 5.76 Å². The third-order valence-electron chi connectivity index (χ3n) is 7.73. The Labute approximate surface area is 200 Å². The van der Waals surface area contributed by atoms with Crippen LogP contribution < -0.4 is 5.32 Å². The van der Waals surface area contributed by atoms with E-state index in [1.807, 2.05) is 36.4 Å². The lowest BCUT2D eigenvalue weighted by atomic mass is 9.73. The van der Waals surface area contributed by atoms with Gasteiger partial charge in [-0.25, -0.2) is 4.98 Å². The molecule has 1 aliphatic heterocycles. The van der Waals surface area contributed by atoms with E-state index in [4.69, 9.17) is 9.15 Å². The molecule has 6 heteroatoms. The van der Waals surface area contributed by atoms with Crippen molar-refractivity contribution in [2.45, 2.75) is 62.8 Å². The molecule has 1 aliphatic carbocycles. The van der Waals surface area contributed by atoms with Gasteiger partial charge in [0.1, 0.15) is 0 Å². The van der Waals surface area contributed by atoms with E-state index in [-0.39, 0.29) is 35.2 Å². The molecule has 2 aromatic carbocycles. The van der Waals surface area contributed by atoms with Crippen molar-refractivity contribution in [2.75, 3.05) is 6.54 Å². The van der Waals surface area contributed by atoms with Crippen LogP contribution in [0.25, 0.3) is 0 Å². The summed E-state index contributed by atoms with van der Waals surface area (Å²) in [7, 11) is 0. The first-order valence-electron chi connectivity index (χ1n) is 12.2. The van der Waals surface area contributed by atoms with Gasteiger partial charge in [-0.1, -0.05) is 60.7 Å². The van der Waals surface area contributed by atoms with Crippen LogP contribution in [0.3, 0.4) is 0 Å². The van der Waals surface area contributed by atoms with Crippen molar-refractivity contribution in [1.82, 2.24) is 10.3 Å². The van der Waals surface area contributed by atoms with Crippen molar-refractivity contribution in [1.29, 1.82) is 0 Å². The van der Waals surface area contributed by atoms with E-state index in [2.05, 4.69) is 34.6 Å². The van der Waals surface area contributed by atoms with E-state index in [1.165, 1.54) is 12.0 Å². The zero-order valence-electron chi connectivity index (χ0n) is 19.5. The molecule has 0 radical (unpaired) electrons. The molecule has 1 saturated carbocycles. The third-order valence-corrected chi connectivity index (χ3v) is 7.73. The highest BCUT2D eigenvalue weighted by atomic mass is 16.5. The zero-order chi connectivity index (χ0) is 23.5. The van der Waals surface area contributed by atoms with E-state index in [1.54, 1.807) is 6.92 Å². The van der Waals surface area contributed by atoms with Crippen LogP contribution in [0.15, 0.2) is 71.5 Å². The third kappa shape index (κ3) is 4.52. The summed E-state index contributed by atoms with van der Waals surface area (Å²) in [6.07, 6.45) is 4.83. The summed E-state index contributed by atoms with van der Waals surface area (Å²) in [6.45, 7) is 2.26. The Kier molecular flexibility index (Phi) is 6.53. The molecule has 2 fully saturated rings. The average molecular weight is 461 g/mol. The van der Waals surface area contributed by atoms with Gasteiger partial charge in [-0.3, -0.25) is 4.79 Å². The number of nitrogens with one attached hydrogen (secondary N) is 1. The Balaban J connectivity index is 1.37. The Hall–Kier alpha value is -2.96. The molecular weight excluding hydrogens is 428 g/mol. The predicted molar refractivity (Wildman–Crippen MR) is 128 cm³/mol. The molecule has 178 valence electrons. The van der Waals surface area contributed by atoms with E-state index < -0.39 is 6.10 Å². The highest BCUT2D eigenvalue weighted by Crippen LogP contribution is 2.46. The van der Waals surface area contributed by atoms with Crippen molar-refractivity contribution < 1.29 is 19.1 Å². The molecule has 6 nitrogen and oxygen atoms in total. The number of hydrogen-bond donors (Lipinski definition) is 2. The van der Waals surface area contributed by atoms with Gasteiger partial charge in [0.15, 0.2) is 6.39 Å². The van der Waals surface area contributed by atoms with E-state index in [0.29, 0.717) is 18.7 Å². The maximum atomic E-state index is 12.8. The van der Waals surface area contributed by atoms with Gasteiger partial charge < -0.3 is 19.6 Å². The highest BCUT2D eigenvalue weighted by molar-refractivity contribution is 5.92.